The number of benzene rings is 1. The van der Waals surface area contributed by atoms with Crippen molar-refractivity contribution in [1.82, 2.24) is 9.78 Å². The second-order valence-electron chi connectivity index (χ2n) is 5.13. The van der Waals surface area contributed by atoms with Crippen molar-refractivity contribution < 1.29 is 4.79 Å². The van der Waals surface area contributed by atoms with Gasteiger partial charge in [-0.25, -0.2) is 4.68 Å². The third kappa shape index (κ3) is 2.43. The maximum absolute atomic E-state index is 11.2. The Kier molecular flexibility index (Phi) is 3.15. The van der Waals surface area contributed by atoms with Gasteiger partial charge in [-0.1, -0.05) is 41.4 Å². The molecule has 0 bridgehead atoms. The summed E-state index contributed by atoms with van der Waals surface area (Å²) in [5.74, 6) is 0.428. The highest BCUT2D eigenvalue weighted by Gasteiger charge is 2.31. The number of halogens is 1. The van der Waals surface area contributed by atoms with Crippen molar-refractivity contribution in [2.24, 2.45) is 0 Å². The lowest BCUT2D eigenvalue weighted by molar-refractivity contribution is 0.112. The van der Waals surface area contributed by atoms with Gasteiger partial charge in [-0.15, -0.1) is 0 Å². The molecule has 0 radical (unpaired) electrons. The second kappa shape index (κ2) is 4.82. The monoisotopic (exact) mass is 274 g/mol. The number of aldehydes is 1. The van der Waals surface area contributed by atoms with E-state index >= 15 is 0 Å². The van der Waals surface area contributed by atoms with E-state index in [1.807, 2.05) is 0 Å². The molecule has 1 aromatic heterocycles. The van der Waals surface area contributed by atoms with Crippen LogP contribution in [0.25, 0.3) is 0 Å². The lowest BCUT2D eigenvalue weighted by Gasteiger charge is -2.04. The zero-order valence-electron chi connectivity index (χ0n) is 10.8. The predicted octanol–water partition coefficient (Wildman–Crippen LogP) is 3.58. The van der Waals surface area contributed by atoms with E-state index in [0.717, 1.165) is 30.4 Å². The molecule has 2 aromatic rings. The number of hydrogen-bond acceptors (Lipinski definition) is 2. The first-order chi connectivity index (χ1) is 9.19. The maximum atomic E-state index is 11.2. The summed E-state index contributed by atoms with van der Waals surface area (Å²) in [6.07, 6.45) is 3.05. The van der Waals surface area contributed by atoms with Crippen LogP contribution >= 0.6 is 11.6 Å². The maximum Gasteiger partial charge on any atom is 0.155 e. The normalized spacial score (nSPS) is 14.6. The van der Waals surface area contributed by atoms with Crippen molar-refractivity contribution in [1.29, 1.82) is 0 Å². The molecule has 1 fully saturated rings. The molecular formula is C15H15ClN2O. The molecule has 0 atom stereocenters. The van der Waals surface area contributed by atoms with Gasteiger partial charge in [-0.05, 0) is 25.3 Å². The van der Waals surface area contributed by atoms with Gasteiger partial charge < -0.3 is 0 Å². The van der Waals surface area contributed by atoms with E-state index in [2.05, 4.69) is 36.3 Å². The molecule has 1 saturated carbocycles. The Morgan fingerprint density at radius 2 is 2.05 bits per heavy atom. The lowest BCUT2D eigenvalue weighted by Crippen LogP contribution is -2.02. The SMILES string of the molecule is Cc1ccc(Cn2nc(C3CC3)c(C=O)c2Cl)cc1. The first kappa shape index (κ1) is 12.4. The Morgan fingerprint density at radius 1 is 1.37 bits per heavy atom. The minimum absolute atomic E-state index is 0.428. The highest BCUT2D eigenvalue weighted by atomic mass is 35.5. The van der Waals surface area contributed by atoms with Gasteiger partial charge >= 0.3 is 0 Å². The summed E-state index contributed by atoms with van der Waals surface area (Å²) in [4.78, 5) is 11.2. The molecule has 0 spiro atoms. The van der Waals surface area contributed by atoms with E-state index in [4.69, 9.17) is 11.6 Å². The van der Waals surface area contributed by atoms with Crippen molar-refractivity contribution in [3.63, 3.8) is 0 Å². The van der Waals surface area contributed by atoms with Gasteiger partial charge in [0.25, 0.3) is 0 Å². The highest BCUT2D eigenvalue weighted by Crippen LogP contribution is 2.42. The summed E-state index contributed by atoms with van der Waals surface area (Å²) in [6.45, 7) is 2.66. The quantitative estimate of drug-likeness (QED) is 0.799. The van der Waals surface area contributed by atoms with Crippen molar-refractivity contribution >= 4 is 17.9 Å². The van der Waals surface area contributed by atoms with Crippen LogP contribution in [0.15, 0.2) is 24.3 Å². The molecule has 1 aromatic carbocycles. The van der Waals surface area contributed by atoms with E-state index in [1.165, 1.54) is 5.56 Å². The van der Waals surface area contributed by atoms with Gasteiger partial charge in [-0.2, -0.15) is 5.10 Å². The average molecular weight is 275 g/mol. The van der Waals surface area contributed by atoms with Crippen LogP contribution in [-0.2, 0) is 6.54 Å². The molecule has 4 heteroatoms. The molecule has 19 heavy (non-hydrogen) atoms. The van der Waals surface area contributed by atoms with E-state index in [9.17, 15) is 4.79 Å². The molecule has 0 amide bonds. The van der Waals surface area contributed by atoms with Crippen LogP contribution in [-0.4, -0.2) is 16.1 Å². The molecule has 1 aliphatic carbocycles. The highest BCUT2D eigenvalue weighted by molar-refractivity contribution is 6.32. The van der Waals surface area contributed by atoms with Crippen LogP contribution in [0.1, 0.15) is 45.9 Å². The van der Waals surface area contributed by atoms with Gasteiger partial charge in [0.2, 0.25) is 0 Å². The topological polar surface area (TPSA) is 34.9 Å². The van der Waals surface area contributed by atoms with Crippen molar-refractivity contribution in [2.45, 2.75) is 32.2 Å². The fourth-order valence-electron chi connectivity index (χ4n) is 2.21. The van der Waals surface area contributed by atoms with Crippen LogP contribution in [0.3, 0.4) is 0 Å². The van der Waals surface area contributed by atoms with Crippen LogP contribution in [0, 0.1) is 6.92 Å². The molecule has 3 rings (SSSR count). The van der Waals surface area contributed by atoms with Gasteiger partial charge in [0.05, 0.1) is 17.8 Å². The van der Waals surface area contributed by atoms with Gasteiger partial charge in [-0.3, -0.25) is 4.79 Å². The molecule has 98 valence electrons. The van der Waals surface area contributed by atoms with Gasteiger partial charge in [0.1, 0.15) is 5.15 Å². The summed E-state index contributed by atoms with van der Waals surface area (Å²) in [6, 6.07) is 8.25. The third-order valence-corrected chi connectivity index (χ3v) is 3.89. The molecule has 0 aliphatic heterocycles. The number of carbonyl (C=O) groups excluding carboxylic acids is 1. The fraction of sp³-hybridized carbons (Fsp3) is 0.333. The fourth-order valence-corrected chi connectivity index (χ4v) is 2.45. The Bertz CT molecular complexity index is 612. The first-order valence-electron chi connectivity index (χ1n) is 6.46. The van der Waals surface area contributed by atoms with Crippen LogP contribution in [0.2, 0.25) is 5.15 Å². The second-order valence-corrected chi connectivity index (χ2v) is 5.48. The molecule has 0 saturated heterocycles. The minimum Gasteiger partial charge on any atom is -0.298 e. The smallest absolute Gasteiger partial charge is 0.155 e. The Labute approximate surface area is 117 Å². The molecule has 0 N–H and O–H groups in total. The largest absolute Gasteiger partial charge is 0.298 e. The number of nitrogens with zero attached hydrogens (tertiary/aromatic N) is 2. The van der Waals surface area contributed by atoms with Crippen LogP contribution in [0.5, 0.6) is 0 Å². The summed E-state index contributed by atoms with van der Waals surface area (Å²) < 4.78 is 1.73. The van der Waals surface area contributed by atoms with E-state index in [-0.39, 0.29) is 0 Å². The van der Waals surface area contributed by atoms with E-state index < -0.39 is 0 Å². The summed E-state index contributed by atoms with van der Waals surface area (Å²) in [7, 11) is 0. The third-order valence-electron chi connectivity index (χ3n) is 3.49. The zero-order chi connectivity index (χ0) is 13.4. The van der Waals surface area contributed by atoms with Crippen LogP contribution < -0.4 is 0 Å². The number of aromatic nitrogens is 2. The summed E-state index contributed by atoms with van der Waals surface area (Å²) >= 11 is 6.25. The number of carbonyl (C=O) groups is 1. The first-order valence-corrected chi connectivity index (χ1v) is 6.83. The summed E-state index contributed by atoms with van der Waals surface area (Å²) in [5.41, 5.74) is 3.79. The zero-order valence-corrected chi connectivity index (χ0v) is 11.5. The molecule has 3 nitrogen and oxygen atoms in total. The van der Waals surface area contributed by atoms with Crippen molar-refractivity contribution in [3.05, 3.63) is 51.8 Å². The Balaban J connectivity index is 1.92. The summed E-state index contributed by atoms with van der Waals surface area (Å²) in [5, 5.41) is 4.97. The minimum atomic E-state index is 0.428. The van der Waals surface area contributed by atoms with Gasteiger partial charge in [0.15, 0.2) is 6.29 Å². The molecule has 1 heterocycles. The molecular weight excluding hydrogens is 260 g/mol. The standard InChI is InChI=1S/C15H15ClN2O/c1-10-2-4-11(5-3-10)8-18-15(16)13(9-19)14(17-18)12-6-7-12/h2-5,9,12H,6-8H2,1H3. The molecule has 1 aliphatic rings. The van der Waals surface area contributed by atoms with Crippen molar-refractivity contribution in [3.8, 4) is 0 Å². The number of aryl methyl sites for hydroxylation is 1. The van der Waals surface area contributed by atoms with Crippen LogP contribution in [0.4, 0.5) is 0 Å². The predicted molar refractivity (Wildman–Crippen MR) is 74.9 cm³/mol. The molecule has 0 unspecified atom stereocenters. The Morgan fingerprint density at radius 3 is 2.63 bits per heavy atom. The van der Waals surface area contributed by atoms with Crippen molar-refractivity contribution in [2.75, 3.05) is 0 Å². The Hall–Kier alpha value is -1.61. The number of hydrogen-bond donors (Lipinski definition) is 0. The lowest BCUT2D eigenvalue weighted by atomic mass is 10.1. The van der Waals surface area contributed by atoms with Gasteiger partial charge in [0, 0.05) is 5.92 Å². The average Bonchev–Trinajstić information content (AvgIpc) is 3.19. The van der Waals surface area contributed by atoms with E-state index in [1.54, 1.807) is 4.68 Å². The number of rotatable bonds is 4. The van der Waals surface area contributed by atoms with E-state index in [0.29, 0.717) is 23.2 Å².